The van der Waals surface area contributed by atoms with E-state index in [9.17, 15) is 4.79 Å². The lowest BCUT2D eigenvalue weighted by Gasteiger charge is -2.00. The Labute approximate surface area is 67.4 Å². The van der Waals surface area contributed by atoms with Crippen LogP contribution in [0.25, 0.3) is 0 Å². The van der Waals surface area contributed by atoms with Crippen LogP contribution in [0.4, 0.5) is 0 Å². The van der Waals surface area contributed by atoms with Gasteiger partial charge in [0.15, 0.2) is 0 Å². The van der Waals surface area contributed by atoms with Crippen LogP contribution in [0.15, 0.2) is 11.8 Å². The maximum absolute atomic E-state index is 10.7. The first-order valence-electron chi connectivity index (χ1n) is 3.69. The molecule has 0 spiro atoms. The fourth-order valence-corrected chi connectivity index (χ4v) is 0.551. The van der Waals surface area contributed by atoms with Crippen molar-refractivity contribution in [3.05, 3.63) is 11.8 Å². The Hall–Kier alpha value is -0.990. The second kappa shape index (κ2) is 5.77. The van der Waals surface area contributed by atoms with Crippen molar-refractivity contribution in [2.24, 2.45) is 0 Å². The molecule has 0 bridgehead atoms. The summed E-state index contributed by atoms with van der Waals surface area (Å²) in [4.78, 5) is 10.7. The van der Waals surface area contributed by atoms with Crippen molar-refractivity contribution in [2.45, 2.75) is 20.8 Å². The van der Waals surface area contributed by atoms with E-state index in [1.54, 1.807) is 13.1 Å². The van der Waals surface area contributed by atoms with E-state index in [0.29, 0.717) is 6.61 Å². The Kier molecular flexibility index (Phi) is 5.25. The molecule has 0 aromatic heterocycles. The van der Waals surface area contributed by atoms with E-state index >= 15 is 0 Å². The van der Waals surface area contributed by atoms with Crippen molar-refractivity contribution in [1.29, 1.82) is 0 Å². The van der Waals surface area contributed by atoms with E-state index in [4.69, 9.17) is 4.74 Å². The van der Waals surface area contributed by atoms with Crippen LogP contribution in [0.2, 0.25) is 0 Å². The topological polar surface area (TPSA) is 38.3 Å². The average molecular weight is 157 g/mol. The normalized spacial score (nSPS) is 8.64. The van der Waals surface area contributed by atoms with Crippen molar-refractivity contribution in [3.63, 3.8) is 0 Å². The molecule has 64 valence electrons. The lowest BCUT2D eigenvalue weighted by Crippen LogP contribution is -2.20. The summed E-state index contributed by atoms with van der Waals surface area (Å²) in [5.41, 5.74) is 1.13. The molecular weight excluding hydrogens is 142 g/mol. The van der Waals surface area contributed by atoms with Crippen LogP contribution in [0, 0.1) is 0 Å². The summed E-state index contributed by atoms with van der Waals surface area (Å²) in [5.74, 6) is -0.218. The number of carbonyl (C=O) groups is 1. The molecule has 3 nitrogen and oxygen atoms in total. The molecule has 0 heterocycles. The van der Waals surface area contributed by atoms with Crippen molar-refractivity contribution in [3.8, 4) is 0 Å². The minimum Gasteiger partial charge on any atom is -0.465 e. The molecule has 1 N–H and O–H groups in total. The number of esters is 1. The summed E-state index contributed by atoms with van der Waals surface area (Å²) >= 11 is 0. The minimum atomic E-state index is -0.218. The molecule has 0 aliphatic heterocycles. The van der Waals surface area contributed by atoms with Gasteiger partial charge in [-0.1, -0.05) is 5.57 Å². The third kappa shape index (κ3) is 6.90. The first-order chi connectivity index (χ1) is 5.16. The summed E-state index contributed by atoms with van der Waals surface area (Å²) in [6.45, 7) is 6.39. The smallest absolute Gasteiger partial charge is 0.325 e. The Morgan fingerprint density at radius 2 is 2.18 bits per heavy atom. The Morgan fingerprint density at radius 1 is 1.55 bits per heavy atom. The molecule has 0 fully saturated rings. The van der Waals surface area contributed by atoms with Crippen LogP contribution in [-0.4, -0.2) is 19.1 Å². The van der Waals surface area contributed by atoms with Gasteiger partial charge in [0.05, 0.1) is 6.61 Å². The van der Waals surface area contributed by atoms with Gasteiger partial charge in [-0.15, -0.1) is 0 Å². The maximum atomic E-state index is 10.7. The molecule has 0 radical (unpaired) electrons. The monoisotopic (exact) mass is 157 g/mol. The number of nitrogens with one attached hydrogen (secondary N) is 1. The molecular formula is C8H15NO2. The van der Waals surface area contributed by atoms with E-state index in [1.165, 1.54) is 0 Å². The SMILES string of the molecule is CCOC(=O)CNC=C(C)C. The van der Waals surface area contributed by atoms with Crippen LogP contribution in [0.1, 0.15) is 20.8 Å². The predicted octanol–water partition coefficient (Wildman–Crippen LogP) is 1.06. The third-order valence-electron chi connectivity index (χ3n) is 0.942. The van der Waals surface area contributed by atoms with Crippen molar-refractivity contribution in [2.75, 3.05) is 13.2 Å². The van der Waals surface area contributed by atoms with E-state index in [2.05, 4.69) is 5.32 Å². The van der Waals surface area contributed by atoms with Gasteiger partial charge in [0, 0.05) is 0 Å². The van der Waals surface area contributed by atoms with Crippen LogP contribution >= 0.6 is 0 Å². The molecule has 0 saturated carbocycles. The summed E-state index contributed by atoms with van der Waals surface area (Å²) in [6, 6.07) is 0. The number of ether oxygens (including phenoxy) is 1. The molecule has 0 atom stereocenters. The van der Waals surface area contributed by atoms with Gasteiger partial charge in [-0.05, 0) is 27.0 Å². The summed E-state index contributed by atoms with van der Waals surface area (Å²) in [7, 11) is 0. The molecule has 0 unspecified atom stereocenters. The highest BCUT2D eigenvalue weighted by atomic mass is 16.5. The van der Waals surface area contributed by atoms with Gasteiger partial charge in [0.2, 0.25) is 0 Å². The predicted molar refractivity (Wildman–Crippen MR) is 44.1 cm³/mol. The Morgan fingerprint density at radius 3 is 2.64 bits per heavy atom. The molecule has 0 amide bonds. The first-order valence-corrected chi connectivity index (χ1v) is 3.69. The fraction of sp³-hybridized carbons (Fsp3) is 0.625. The third-order valence-corrected chi connectivity index (χ3v) is 0.942. The van der Waals surface area contributed by atoms with Crippen LogP contribution in [-0.2, 0) is 9.53 Å². The lowest BCUT2D eigenvalue weighted by atomic mass is 10.4. The second-order valence-electron chi connectivity index (χ2n) is 2.41. The van der Waals surface area contributed by atoms with Crippen LogP contribution < -0.4 is 5.32 Å². The van der Waals surface area contributed by atoms with Gasteiger partial charge in [-0.3, -0.25) is 4.79 Å². The largest absolute Gasteiger partial charge is 0.465 e. The van der Waals surface area contributed by atoms with Crippen LogP contribution in [0.3, 0.4) is 0 Å². The standard InChI is InChI=1S/C8H15NO2/c1-4-11-8(10)6-9-5-7(2)3/h5,9H,4,6H2,1-3H3. The van der Waals surface area contributed by atoms with Gasteiger partial charge in [-0.25, -0.2) is 0 Å². The highest BCUT2D eigenvalue weighted by Gasteiger charge is 1.96. The maximum Gasteiger partial charge on any atom is 0.325 e. The Balaban J connectivity index is 3.39. The molecule has 0 aliphatic carbocycles. The Bertz CT molecular complexity index is 148. The van der Waals surface area contributed by atoms with E-state index < -0.39 is 0 Å². The summed E-state index contributed by atoms with van der Waals surface area (Å²) in [5, 5.41) is 2.83. The number of allylic oxidation sites excluding steroid dienone is 1. The molecule has 0 aliphatic rings. The zero-order chi connectivity index (χ0) is 8.69. The highest BCUT2D eigenvalue weighted by molar-refractivity contribution is 5.71. The molecule has 0 saturated heterocycles. The molecule has 0 aromatic carbocycles. The quantitative estimate of drug-likeness (QED) is 0.620. The average Bonchev–Trinajstić information content (AvgIpc) is 1.87. The molecule has 11 heavy (non-hydrogen) atoms. The van der Waals surface area contributed by atoms with E-state index in [-0.39, 0.29) is 12.5 Å². The number of rotatable bonds is 4. The highest BCUT2D eigenvalue weighted by Crippen LogP contribution is 1.83. The zero-order valence-corrected chi connectivity index (χ0v) is 7.31. The zero-order valence-electron chi connectivity index (χ0n) is 7.31. The van der Waals surface area contributed by atoms with E-state index in [1.807, 2.05) is 13.8 Å². The molecule has 3 heteroatoms. The van der Waals surface area contributed by atoms with Crippen molar-refractivity contribution >= 4 is 5.97 Å². The van der Waals surface area contributed by atoms with Gasteiger partial charge in [0.1, 0.15) is 6.54 Å². The van der Waals surface area contributed by atoms with Gasteiger partial charge in [-0.2, -0.15) is 0 Å². The second-order valence-corrected chi connectivity index (χ2v) is 2.41. The molecule has 0 rings (SSSR count). The van der Waals surface area contributed by atoms with Crippen molar-refractivity contribution < 1.29 is 9.53 Å². The van der Waals surface area contributed by atoms with Gasteiger partial charge in [0.25, 0.3) is 0 Å². The number of carbonyl (C=O) groups excluding carboxylic acids is 1. The first kappa shape index (κ1) is 10.0. The number of hydrogen-bond donors (Lipinski definition) is 1. The fourth-order valence-electron chi connectivity index (χ4n) is 0.551. The molecule has 0 aromatic rings. The van der Waals surface area contributed by atoms with E-state index in [0.717, 1.165) is 5.57 Å². The minimum absolute atomic E-state index is 0.218. The summed E-state index contributed by atoms with van der Waals surface area (Å²) < 4.78 is 4.69. The number of hydrogen-bond acceptors (Lipinski definition) is 3. The summed E-state index contributed by atoms with van der Waals surface area (Å²) in [6.07, 6.45) is 1.79. The lowest BCUT2D eigenvalue weighted by molar-refractivity contribution is -0.141. The van der Waals surface area contributed by atoms with Gasteiger partial charge >= 0.3 is 5.97 Å². The van der Waals surface area contributed by atoms with Crippen molar-refractivity contribution in [1.82, 2.24) is 5.32 Å². The van der Waals surface area contributed by atoms with Crippen LogP contribution in [0.5, 0.6) is 0 Å². The van der Waals surface area contributed by atoms with Gasteiger partial charge < -0.3 is 10.1 Å².